The highest BCUT2D eigenvalue weighted by Gasteiger charge is 2.43. The molecular formula is C12H20O8. The molecule has 20 heavy (non-hydrogen) atoms. The van der Waals surface area contributed by atoms with Crippen LogP contribution in [0.4, 0.5) is 0 Å². The summed E-state index contributed by atoms with van der Waals surface area (Å²) < 4.78 is 15.0. The first-order valence-electron chi connectivity index (χ1n) is 6.13. The fraction of sp³-hybridized carbons (Fsp3) is 0.750. The van der Waals surface area contributed by atoms with Crippen molar-refractivity contribution >= 4 is 5.97 Å². The van der Waals surface area contributed by atoms with Crippen LogP contribution in [-0.4, -0.2) is 76.9 Å². The molecule has 0 aliphatic carbocycles. The van der Waals surface area contributed by atoms with Crippen LogP contribution in [0.1, 0.15) is 6.92 Å². The molecule has 0 unspecified atom stereocenters. The van der Waals surface area contributed by atoms with Gasteiger partial charge in [0, 0.05) is 5.57 Å². The normalized spacial score (nSPS) is 33.8. The lowest BCUT2D eigenvalue weighted by Gasteiger charge is -2.39. The van der Waals surface area contributed by atoms with Crippen LogP contribution in [0, 0.1) is 0 Å². The summed E-state index contributed by atoms with van der Waals surface area (Å²) in [5, 5.41) is 37.7. The molecule has 116 valence electrons. The number of esters is 1. The molecule has 1 aliphatic rings. The number of hydrogen-bond donors (Lipinski definition) is 4. The van der Waals surface area contributed by atoms with Crippen LogP contribution in [-0.2, 0) is 19.0 Å². The second-order valence-corrected chi connectivity index (χ2v) is 4.48. The molecule has 0 aromatic carbocycles. The Kier molecular flexibility index (Phi) is 6.53. The van der Waals surface area contributed by atoms with E-state index in [2.05, 4.69) is 6.58 Å². The van der Waals surface area contributed by atoms with Gasteiger partial charge in [-0.05, 0) is 6.92 Å². The number of ether oxygens (including phenoxy) is 3. The van der Waals surface area contributed by atoms with E-state index in [1.807, 2.05) is 0 Å². The predicted molar refractivity (Wildman–Crippen MR) is 65.5 cm³/mol. The Morgan fingerprint density at radius 3 is 2.40 bits per heavy atom. The molecule has 0 spiro atoms. The molecule has 1 saturated heterocycles. The minimum atomic E-state index is -1.50. The van der Waals surface area contributed by atoms with E-state index < -0.39 is 43.3 Å². The summed E-state index contributed by atoms with van der Waals surface area (Å²) in [4.78, 5) is 11.1. The zero-order valence-corrected chi connectivity index (χ0v) is 11.1. The van der Waals surface area contributed by atoms with E-state index in [9.17, 15) is 20.1 Å². The van der Waals surface area contributed by atoms with E-state index in [1.165, 1.54) is 6.92 Å². The predicted octanol–water partition coefficient (Wildman–Crippen LogP) is -2.08. The average molecular weight is 292 g/mol. The first-order chi connectivity index (χ1) is 9.38. The lowest BCUT2D eigenvalue weighted by atomic mass is 9.99. The minimum Gasteiger partial charge on any atom is -0.460 e. The van der Waals surface area contributed by atoms with Crippen LogP contribution in [0.2, 0.25) is 0 Å². The van der Waals surface area contributed by atoms with Gasteiger partial charge in [0.15, 0.2) is 6.29 Å². The van der Waals surface area contributed by atoms with Gasteiger partial charge in [-0.15, -0.1) is 0 Å². The van der Waals surface area contributed by atoms with Crippen LogP contribution >= 0.6 is 0 Å². The molecule has 1 heterocycles. The van der Waals surface area contributed by atoms with Crippen LogP contribution in [0.5, 0.6) is 0 Å². The number of carbonyl (C=O) groups is 1. The molecule has 1 aliphatic heterocycles. The molecule has 0 amide bonds. The highest BCUT2D eigenvalue weighted by Crippen LogP contribution is 2.21. The molecule has 4 N–H and O–H groups in total. The molecule has 1 rings (SSSR count). The van der Waals surface area contributed by atoms with Crippen molar-refractivity contribution in [1.29, 1.82) is 0 Å². The van der Waals surface area contributed by atoms with Crippen LogP contribution in [0.25, 0.3) is 0 Å². The Morgan fingerprint density at radius 1 is 1.20 bits per heavy atom. The van der Waals surface area contributed by atoms with Gasteiger partial charge in [0.05, 0.1) is 13.2 Å². The summed E-state index contributed by atoms with van der Waals surface area (Å²) in [6.45, 7) is 4.21. The molecule has 0 radical (unpaired) electrons. The third kappa shape index (κ3) is 4.23. The van der Waals surface area contributed by atoms with Crippen molar-refractivity contribution in [3.05, 3.63) is 12.2 Å². The Balaban J connectivity index is 2.39. The summed E-state index contributed by atoms with van der Waals surface area (Å²) in [6.07, 6.45) is -6.66. The number of hydrogen-bond acceptors (Lipinski definition) is 8. The van der Waals surface area contributed by atoms with Gasteiger partial charge in [-0.25, -0.2) is 4.79 Å². The first-order valence-corrected chi connectivity index (χ1v) is 6.13. The van der Waals surface area contributed by atoms with E-state index in [0.717, 1.165) is 0 Å². The lowest BCUT2D eigenvalue weighted by molar-refractivity contribution is -0.302. The Bertz CT molecular complexity index is 342. The van der Waals surface area contributed by atoms with E-state index in [0.29, 0.717) is 0 Å². The maximum atomic E-state index is 11.1. The van der Waals surface area contributed by atoms with Gasteiger partial charge in [0.1, 0.15) is 31.0 Å². The first kappa shape index (κ1) is 17.0. The van der Waals surface area contributed by atoms with E-state index in [4.69, 9.17) is 19.3 Å². The standard InChI is InChI=1S/C12H20O8/c1-6(2)11(17)18-3-4-19-12-10(16)9(15)8(14)7(5-13)20-12/h7-10,12-16H,1,3-5H2,2H3/t7-,8-,9+,10-,12+/m0/s1. The molecular weight excluding hydrogens is 272 g/mol. The summed E-state index contributed by atoms with van der Waals surface area (Å²) >= 11 is 0. The molecule has 8 nitrogen and oxygen atoms in total. The molecule has 0 aromatic rings. The van der Waals surface area contributed by atoms with Crippen molar-refractivity contribution in [3.8, 4) is 0 Å². The van der Waals surface area contributed by atoms with E-state index >= 15 is 0 Å². The van der Waals surface area contributed by atoms with Crippen molar-refractivity contribution in [2.75, 3.05) is 19.8 Å². The Labute approximate surface area is 116 Å². The van der Waals surface area contributed by atoms with Gasteiger partial charge >= 0.3 is 5.97 Å². The number of aliphatic hydroxyl groups is 4. The maximum absolute atomic E-state index is 11.1. The second kappa shape index (κ2) is 7.67. The van der Waals surface area contributed by atoms with Crippen molar-refractivity contribution in [2.24, 2.45) is 0 Å². The molecule has 0 saturated carbocycles. The maximum Gasteiger partial charge on any atom is 0.333 e. The Hall–Kier alpha value is -1.03. The third-order valence-corrected chi connectivity index (χ3v) is 2.80. The zero-order chi connectivity index (χ0) is 15.3. The van der Waals surface area contributed by atoms with Gasteiger partial charge in [-0.2, -0.15) is 0 Å². The molecule has 0 bridgehead atoms. The minimum absolute atomic E-state index is 0.0816. The monoisotopic (exact) mass is 292 g/mol. The molecule has 5 atom stereocenters. The highest BCUT2D eigenvalue weighted by molar-refractivity contribution is 5.86. The Morgan fingerprint density at radius 2 is 1.85 bits per heavy atom. The number of aliphatic hydroxyl groups excluding tert-OH is 4. The van der Waals surface area contributed by atoms with Crippen molar-refractivity contribution in [3.63, 3.8) is 0 Å². The van der Waals surface area contributed by atoms with Crippen LogP contribution in [0.15, 0.2) is 12.2 Å². The van der Waals surface area contributed by atoms with Crippen molar-refractivity contribution in [2.45, 2.75) is 37.6 Å². The largest absolute Gasteiger partial charge is 0.460 e. The molecule has 1 fully saturated rings. The second-order valence-electron chi connectivity index (χ2n) is 4.48. The van der Waals surface area contributed by atoms with Gasteiger partial charge in [-0.1, -0.05) is 6.58 Å². The summed E-state index contributed by atoms with van der Waals surface area (Å²) in [5.41, 5.74) is 0.248. The lowest BCUT2D eigenvalue weighted by Crippen LogP contribution is -2.59. The number of rotatable bonds is 6. The fourth-order valence-electron chi connectivity index (χ4n) is 1.63. The summed E-state index contributed by atoms with van der Waals surface area (Å²) in [5.74, 6) is -0.567. The summed E-state index contributed by atoms with van der Waals surface area (Å²) in [7, 11) is 0. The molecule has 0 aromatic heterocycles. The average Bonchev–Trinajstić information content (AvgIpc) is 2.42. The topological polar surface area (TPSA) is 126 Å². The van der Waals surface area contributed by atoms with E-state index in [1.54, 1.807) is 0 Å². The highest BCUT2D eigenvalue weighted by atomic mass is 16.7. The van der Waals surface area contributed by atoms with Gasteiger partial charge in [0.25, 0.3) is 0 Å². The zero-order valence-electron chi connectivity index (χ0n) is 11.1. The van der Waals surface area contributed by atoms with Gasteiger partial charge in [0.2, 0.25) is 0 Å². The molecule has 8 heteroatoms. The summed E-state index contributed by atoms with van der Waals surface area (Å²) in [6, 6.07) is 0. The van der Waals surface area contributed by atoms with E-state index in [-0.39, 0.29) is 18.8 Å². The van der Waals surface area contributed by atoms with Gasteiger partial charge < -0.3 is 34.6 Å². The number of carbonyl (C=O) groups excluding carboxylic acids is 1. The fourth-order valence-corrected chi connectivity index (χ4v) is 1.63. The van der Waals surface area contributed by atoms with Crippen molar-refractivity contribution < 1.29 is 39.4 Å². The third-order valence-electron chi connectivity index (χ3n) is 2.80. The van der Waals surface area contributed by atoms with Gasteiger partial charge in [-0.3, -0.25) is 0 Å². The van der Waals surface area contributed by atoms with Crippen molar-refractivity contribution in [1.82, 2.24) is 0 Å². The quantitative estimate of drug-likeness (QED) is 0.250. The van der Waals surface area contributed by atoms with Crippen LogP contribution < -0.4 is 0 Å². The SMILES string of the molecule is C=C(C)C(=O)OCCO[C@@H]1O[C@@H](CO)[C@H](O)[C@@H](O)[C@@H]1O. The van der Waals surface area contributed by atoms with Crippen LogP contribution in [0.3, 0.4) is 0 Å². The smallest absolute Gasteiger partial charge is 0.333 e.